The molecule has 2 aliphatic rings. The van der Waals surface area contributed by atoms with Crippen molar-refractivity contribution < 1.29 is 9.59 Å². The Morgan fingerprint density at radius 1 is 1.00 bits per heavy atom. The Labute approximate surface area is 204 Å². The number of nitrogens with one attached hydrogen (secondary N) is 1. The number of nitrogens with zero attached hydrogens (tertiary/aromatic N) is 4. The van der Waals surface area contributed by atoms with Gasteiger partial charge in [0.2, 0.25) is 11.8 Å². The second-order valence-electron chi connectivity index (χ2n) is 9.54. The normalized spacial score (nSPS) is 19.8. The molecule has 178 valence electrons. The molecule has 0 saturated carbocycles. The number of rotatable bonds is 7. The third-order valence-corrected chi connectivity index (χ3v) is 7.41. The molecule has 6 rings (SSSR count). The summed E-state index contributed by atoms with van der Waals surface area (Å²) in [5.41, 5.74) is 4.58. The number of hydrogen-bond acceptors (Lipinski definition) is 3. The summed E-state index contributed by atoms with van der Waals surface area (Å²) in [5.74, 6) is 0.107. The van der Waals surface area contributed by atoms with Gasteiger partial charge in [0.05, 0.1) is 18.9 Å². The predicted octanol–water partition coefficient (Wildman–Crippen LogP) is 3.72. The highest BCUT2D eigenvalue weighted by atomic mass is 16.2. The number of amides is 2. The van der Waals surface area contributed by atoms with E-state index in [0.717, 1.165) is 42.4 Å². The lowest BCUT2D eigenvalue weighted by atomic mass is 9.86. The molecule has 0 bridgehead atoms. The van der Waals surface area contributed by atoms with Gasteiger partial charge in [0.25, 0.3) is 0 Å². The summed E-state index contributed by atoms with van der Waals surface area (Å²) in [7, 11) is 0. The maximum atomic E-state index is 13.7. The molecule has 2 aromatic heterocycles. The maximum absolute atomic E-state index is 13.7. The number of aryl methyl sites for hydroxylation is 2. The fourth-order valence-corrected chi connectivity index (χ4v) is 5.74. The molecule has 1 fully saturated rings. The lowest BCUT2D eigenvalue weighted by Crippen LogP contribution is -2.63. The fourth-order valence-electron chi connectivity index (χ4n) is 5.74. The van der Waals surface area contributed by atoms with Crippen LogP contribution in [0.1, 0.15) is 35.7 Å². The smallest absolute Gasteiger partial charge is 0.246 e. The molecule has 2 aliphatic heterocycles. The van der Waals surface area contributed by atoms with Crippen LogP contribution < -0.4 is 0 Å². The molecule has 1 unspecified atom stereocenters. The third kappa shape index (κ3) is 4.01. The van der Waals surface area contributed by atoms with Crippen LogP contribution in [-0.2, 0) is 29.0 Å². The molecular weight excluding hydrogens is 438 g/mol. The van der Waals surface area contributed by atoms with Crippen LogP contribution in [0.3, 0.4) is 0 Å². The quantitative estimate of drug-likeness (QED) is 0.450. The van der Waals surface area contributed by atoms with Crippen LogP contribution in [0.4, 0.5) is 0 Å². The second-order valence-corrected chi connectivity index (χ2v) is 9.54. The van der Waals surface area contributed by atoms with Crippen molar-refractivity contribution in [2.45, 2.75) is 44.3 Å². The van der Waals surface area contributed by atoms with Crippen molar-refractivity contribution in [1.82, 2.24) is 24.3 Å². The maximum Gasteiger partial charge on any atom is 0.246 e. The van der Waals surface area contributed by atoms with Gasteiger partial charge in [-0.15, -0.1) is 0 Å². The Bertz CT molecular complexity index is 1340. The number of carbonyl (C=O) groups excluding carboxylic acids is 2. The topological polar surface area (TPSA) is 74.2 Å². The minimum Gasteiger partial charge on any atom is -0.356 e. The van der Waals surface area contributed by atoms with E-state index in [1.54, 1.807) is 17.4 Å². The van der Waals surface area contributed by atoms with E-state index < -0.39 is 6.04 Å². The van der Waals surface area contributed by atoms with Gasteiger partial charge >= 0.3 is 0 Å². The van der Waals surface area contributed by atoms with E-state index in [-0.39, 0.29) is 24.4 Å². The van der Waals surface area contributed by atoms with Gasteiger partial charge in [-0.05, 0) is 36.5 Å². The first-order chi connectivity index (χ1) is 17.2. The van der Waals surface area contributed by atoms with Crippen molar-refractivity contribution >= 4 is 22.7 Å². The molecule has 0 spiro atoms. The number of H-pyrrole nitrogens is 1. The minimum absolute atomic E-state index is 0.0413. The van der Waals surface area contributed by atoms with Crippen LogP contribution in [0, 0.1) is 0 Å². The van der Waals surface area contributed by atoms with Crippen molar-refractivity contribution in [2.75, 3.05) is 13.1 Å². The molecule has 4 aromatic rings. The summed E-state index contributed by atoms with van der Waals surface area (Å²) in [4.78, 5) is 38.5. The lowest BCUT2D eigenvalue weighted by molar-refractivity contribution is -0.160. The molecule has 2 aromatic carbocycles. The average Bonchev–Trinajstić information content (AvgIpc) is 3.53. The van der Waals surface area contributed by atoms with Gasteiger partial charge in [0, 0.05) is 48.5 Å². The summed E-state index contributed by atoms with van der Waals surface area (Å²) >= 11 is 0. The van der Waals surface area contributed by atoms with Crippen LogP contribution in [0.2, 0.25) is 0 Å². The number of aromatic nitrogens is 3. The molecule has 4 heterocycles. The van der Waals surface area contributed by atoms with E-state index in [0.29, 0.717) is 13.0 Å². The first-order valence-corrected chi connectivity index (χ1v) is 12.4. The lowest BCUT2D eigenvalue weighted by Gasteiger charge is -2.47. The van der Waals surface area contributed by atoms with Gasteiger partial charge in [0.15, 0.2) is 0 Å². The van der Waals surface area contributed by atoms with Crippen LogP contribution in [0.25, 0.3) is 10.9 Å². The van der Waals surface area contributed by atoms with Gasteiger partial charge in [-0.2, -0.15) is 0 Å². The molecule has 2 atom stereocenters. The average molecular weight is 468 g/mol. The Kier molecular flexibility index (Phi) is 5.60. The van der Waals surface area contributed by atoms with Crippen molar-refractivity contribution in [3.05, 3.63) is 90.1 Å². The molecule has 35 heavy (non-hydrogen) atoms. The summed E-state index contributed by atoms with van der Waals surface area (Å²) in [6.45, 7) is 1.50. The molecule has 0 aliphatic carbocycles. The van der Waals surface area contributed by atoms with Gasteiger partial charge in [-0.25, -0.2) is 4.98 Å². The monoisotopic (exact) mass is 467 g/mol. The first kappa shape index (κ1) is 21.6. The number of carbonyl (C=O) groups is 2. The Hall–Kier alpha value is -3.87. The van der Waals surface area contributed by atoms with Gasteiger partial charge < -0.3 is 19.4 Å². The standard InChI is InChI=1S/C28H29N5O2/c34-26-18-32(15-6-14-31-16-13-29-19-31)28(35)25-17-22-21-9-4-5-10-23(21)30-27(22)24(33(25)26)12-11-20-7-2-1-3-8-20/h1-5,7-10,13,16,19,24-25,30H,6,11-12,14-15,17-18H2/t24?,25-/m0/s1. The summed E-state index contributed by atoms with van der Waals surface area (Å²) in [5, 5.41) is 1.16. The molecule has 1 saturated heterocycles. The highest BCUT2D eigenvalue weighted by Crippen LogP contribution is 2.41. The number of piperazine rings is 1. The predicted molar refractivity (Wildman–Crippen MR) is 134 cm³/mol. The van der Waals surface area contributed by atoms with E-state index in [4.69, 9.17) is 0 Å². The molecule has 7 nitrogen and oxygen atoms in total. The fraction of sp³-hybridized carbons (Fsp3) is 0.321. The van der Waals surface area contributed by atoms with E-state index >= 15 is 0 Å². The Balaban J connectivity index is 1.29. The molecule has 1 N–H and O–H groups in total. The van der Waals surface area contributed by atoms with Crippen LogP contribution >= 0.6 is 0 Å². The third-order valence-electron chi connectivity index (χ3n) is 7.41. The minimum atomic E-state index is -0.447. The van der Waals surface area contributed by atoms with E-state index in [9.17, 15) is 9.59 Å². The molecule has 0 radical (unpaired) electrons. The van der Waals surface area contributed by atoms with E-state index in [1.807, 2.05) is 46.0 Å². The summed E-state index contributed by atoms with van der Waals surface area (Å²) in [6, 6.07) is 18.0. The van der Waals surface area contributed by atoms with Crippen LogP contribution in [0.15, 0.2) is 73.3 Å². The largest absolute Gasteiger partial charge is 0.356 e. The van der Waals surface area contributed by atoms with Crippen molar-refractivity contribution in [3.63, 3.8) is 0 Å². The van der Waals surface area contributed by atoms with Gasteiger partial charge in [0.1, 0.15) is 6.04 Å². The first-order valence-electron chi connectivity index (χ1n) is 12.4. The van der Waals surface area contributed by atoms with Gasteiger partial charge in [-0.1, -0.05) is 48.5 Å². The zero-order valence-corrected chi connectivity index (χ0v) is 19.6. The van der Waals surface area contributed by atoms with Crippen LogP contribution in [-0.4, -0.2) is 55.3 Å². The van der Waals surface area contributed by atoms with Crippen LogP contribution in [0.5, 0.6) is 0 Å². The molecule has 7 heteroatoms. The number of fused-ring (bicyclic) bond motifs is 4. The highest BCUT2D eigenvalue weighted by Gasteiger charge is 2.47. The number of benzene rings is 2. The number of imidazole rings is 1. The second kappa shape index (κ2) is 9.06. The number of para-hydroxylation sites is 1. The zero-order valence-electron chi connectivity index (χ0n) is 19.6. The van der Waals surface area contributed by atoms with E-state index in [1.165, 1.54) is 11.1 Å². The molecule has 2 amide bonds. The van der Waals surface area contributed by atoms with Gasteiger partial charge in [-0.3, -0.25) is 9.59 Å². The highest BCUT2D eigenvalue weighted by molar-refractivity contribution is 5.97. The number of hydrogen-bond donors (Lipinski definition) is 1. The van der Waals surface area contributed by atoms with Crippen molar-refractivity contribution in [2.24, 2.45) is 0 Å². The zero-order chi connectivity index (χ0) is 23.8. The van der Waals surface area contributed by atoms with Crippen molar-refractivity contribution in [3.8, 4) is 0 Å². The summed E-state index contributed by atoms with van der Waals surface area (Å²) in [6.07, 6.45) is 8.43. The number of aromatic amines is 1. The van der Waals surface area contributed by atoms with E-state index in [2.05, 4.69) is 34.2 Å². The summed E-state index contributed by atoms with van der Waals surface area (Å²) < 4.78 is 2.00. The van der Waals surface area contributed by atoms with Crippen molar-refractivity contribution in [1.29, 1.82) is 0 Å². The Morgan fingerprint density at radius 3 is 2.66 bits per heavy atom. The SMILES string of the molecule is O=C1[C@@H]2Cc3c([nH]c4ccccc34)C(CCc3ccccc3)N2C(=O)CN1CCCn1ccnc1. The Morgan fingerprint density at radius 2 is 1.83 bits per heavy atom. The molecular formula is C28H29N5O2.